The van der Waals surface area contributed by atoms with Crippen molar-refractivity contribution in [2.24, 2.45) is 0 Å². The van der Waals surface area contributed by atoms with Crippen LogP contribution in [0.2, 0.25) is 0 Å². The number of nitrogens with zero attached hydrogens (tertiary/aromatic N) is 2. The summed E-state index contributed by atoms with van der Waals surface area (Å²) in [7, 11) is 0. The maximum Gasteiger partial charge on any atom is 0.238 e. The molecule has 0 fully saturated rings. The highest BCUT2D eigenvalue weighted by Crippen LogP contribution is 2.21. The van der Waals surface area contributed by atoms with Gasteiger partial charge < -0.3 is 9.84 Å². The highest BCUT2D eigenvalue weighted by molar-refractivity contribution is 5.28. The molecular formula is C11H8F2N2O2. The van der Waals surface area contributed by atoms with E-state index in [-0.39, 0.29) is 18.2 Å². The molecule has 1 aromatic heterocycles. The Bertz CT molecular complexity index is 497. The first-order valence-corrected chi connectivity index (χ1v) is 4.75. The second-order valence-electron chi connectivity index (χ2n) is 3.23. The van der Waals surface area contributed by atoms with Gasteiger partial charge in [0, 0.05) is 24.3 Å². The van der Waals surface area contributed by atoms with Gasteiger partial charge in [-0.3, -0.25) is 0 Å². The number of hydrogen-bond acceptors (Lipinski definition) is 4. The van der Waals surface area contributed by atoms with E-state index in [1.54, 1.807) is 0 Å². The van der Waals surface area contributed by atoms with Crippen LogP contribution in [0.3, 0.4) is 0 Å². The molecule has 0 spiro atoms. The third kappa shape index (κ3) is 2.94. The molecule has 88 valence electrons. The third-order valence-electron chi connectivity index (χ3n) is 1.92. The van der Waals surface area contributed by atoms with Gasteiger partial charge in [-0.2, -0.15) is 0 Å². The van der Waals surface area contributed by atoms with Crippen LogP contribution >= 0.6 is 0 Å². The Labute approximate surface area is 95.5 Å². The van der Waals surface area contributed by atoms with Gasteiger partial charge in [-0.25, -0.2) is 8.78 Å². The first-order chi connectivity index (χ1) is 8.17. The number of rotatable bonds is 3. The summed E-state index contributed by atoms with van der Waals surface area (Å²) >= 11 is 0. The molecule has 0 unspecified atom stereocenters. The molecule has 0 amide bonds. The van der Waals surface area contributed by atoms with Crippen molar-refractivity contribution < 1.29 is 18.6 Å². The highest BCUT2D eigenvalue weighted by Gasteiger charge is 2.04. The lowest BCUT2D eigenvalue weighted by molar-refractivity contribution is 0.274. The second-order valence-corrected chi connectivity index (χ2v) is 3.23. The SMILES string of the molecule is OCc1ccc(Oc2cc(F)cc(F)c2)nn1. The average Bonchev–Trinajstić information content (AvgIpc) is 2.28. The van der Waals surface area contributed by atoms with Crippen LogP contribution in [0.25, 0.3) is 0 Å². The van der Waals surface area contributed by atoms with Crippen LogP contribution in [-0.2, 0) is 6.61 Å². The summed E-state index contributed by atoms with van der Waals surface area (Å²) < 4.78 is 30.8. The van der Waals surface area contributed by atoms with Gasteiger partial charge in [0.25, 0.3) is 0 Å². The highest BCUT2D eigenvalue weighted by atomic mass is 19.1. The zero-order valence-corrected chi connectivity index (χ0v) is 8.60. The monoisotopic (exact) mass is 238 g/mol. The van der Waals surface area contributed by atoms with Crippen LogP contribution in [0.4, 0.5) is 8.78 Å². The minimum atomic E-state index is -0.736. The van der Waals surface area contributed by atoms with E-state index >= 15 is 0 Å². The van der Waals surface area contributed by atoms with E-state index in [0.29, 0.717) is 5.69 Å². The van der Waals surface area contributed by atoms with Crippen LogP contribution in [0.5, 0.6) is 11.6 Å². The number of ether oxygens (including phenoxy) is 1. The minimum absolute atomic E-state index is 0.00597. The first-order valence-electron chi connectivity index (χ1n) is 4.75. The van der Waals surface area contributed by atoms with Crippen molar-refractivity contribution in [3.05, 3.63) is 47.7 Å². The largest absolute Gasteiger partial charge is 0.437 e. The fourth-order valence-corrected chi connectivity index (χ4v) is 1.19. The summed E-state index contributed by atoms with van der Waals surface area (Å²) in [5.74, 6) is -1.39. The van der Waals surface area contributed by atoms with Crippen molar-refractivity contribution in [2.45, 2.75) is 6.61 Å². The van der Waals surface area contributed by atoms with E-state index in [0.717, 1.165) is 18.2 Å². The van der Waals surface area contributed by atoms with Crippen molar-refractivity contribution in [1.29, 1.82) is 0 Å². The number of aliphatic hydroxyl groups is 1. The smallest absolute Gasteiger partial charge is 0.238 e. The normalized spacial score (nSPS) is 10.3. The fourth-order valence-electron chi connectivity index (χ4n) is 1.19. The topological polar surface area (TPSA) is 55.2 Å². The molecule has 0 atom stereocenters. The summed E-state index contributed by atoms with van der Waals surface area (Å²) in [5, 5.41) is 16.0. The molecule has 6 heteroatoms. The van der Waals surface area contributed by atoms with E-state index in [4.69, 9.17) is 9.84 Å². The summed E-state index contributed by atoms with van der Waals surface area (Å²) in [4.78, 5) is 0. The molecule has 0 radical (unpaired) electrons. The van der Waals surface area contributed by atoms with E-state index in [9.17, 15) is 8.78 Å². The number of halogens is 2. The molecule has 0 bridgehead atoms. The van der Waals surface area contributed by atoms with Crippen molar-refractivity contribution in [1.82, 2.24) is 10.2 Å². The minimum Gasteiger partial charge on any atom is -0.437 e. The second kappa shape index (κ2) is 4.84. The van der Waals surface area contributed by atoms with Crippen molar-refractivity contribution in [3.63, 3.8) is 0 Å². The number of benzene rings is 1. The Balaban J connectivity index is 2.19. The Kier molecular flexibility index (Phi) is 3.24. The van der Waals surface area contributed by atoms with Crippen molar-refractivity contribution in [3.8, 4) is 11.6 Å². The average molecular weight is 238 g/mol. The molecule has 2 aromatic rings. The number of hydrogen-bond donors (Lipinski definition) is 1. The molecule has 17 heavy (non-hydrogen) atoms. The van der Waals surface area contributed by atoms with Gasteiger partial charge in [-0.05, 0) is 6.07 Å². The van der Waals surface area contributed by atoms with Crippen molar-refractivity contribution in [2.75, 3.05) is 0 Å². The molecule has 1 aromatic carbocycles. The lowest BCUT2D eigenvalue weighted by Gasteiger charge is -2.04. The summed E-state index contributed by atoms with van der Waals surface area (Å²) in [6.07, 6.45) is 0. The van der Waals surface area contributed by atoms with E-state index < -0.39 is 11.6 Å². The standard InChI is InChI=1S/C11H8F2N2O2/c12-7-3-8(13)5-10(4-7)17-11-2-1-9(6-16)14-15-11/h1-5,16H,6H2. The predicted octanol–water partition coefficient (Wildman–Crippen LogP) is 2.04. The van der Waals surface area contributed by atoms with Crippen LogP contribution in [0, 0.1) is 11.6 Å². The van der Waals surface area contributed by atoms with Gasteiger partial charge in [0.05, 0.1) is 12.3 Å². The maximum atomic E-state index is 12.9. The molecular weight excluding hydrogens is 230 g/mol. The van der Waals surface area contributed by atoms with Gasteiger partial charge in [0.15, 0.2) is 0 Å². The maximum absolute atomic E-state index is 12.9. The summed E-state index contributed by atoms with van der Waals surface area (Å²) in [6, 6.07) is 5.75. The Morgan fingerprint density at radius 1 is 1.06 bits per heavy atom. The lowest BCUT2D eigenvalue weighted by Crippen LogP contribution is -1.95. The van der Waals surface area contributed by atoms with E-state index in [1.165, 1.54) is 12.1 Å². The molecule has 0 saturated carbocycles. The molecule has 2 rings (SSSR count). The first kappa shape index (κ1) is 11.4. The van der Waals surface area contributed by atoms with E-state index in [1.807, 2.05) is 0 Å². The predicted molar refractivity (Wildman–Crippen MR) is 54.4 cm³/mol. The molecule has 1 heterocycles. The molecule has 0 saturated heterocycles. The Morgan fingerprint density at radius 3 is 2.29 bits per heavy atom. The quantitative estimate of drug-likeness (QED) is 0.889. The van der Waals surface area contributed by atoms with Gasteiger partial charge in [-0.1, -0.05) is 0 Å². The lowest BCUT2D eigenvalue weighted by atomic mass is 10.3. The van der Waals surface area contributed by atoms with Crippen LogP contribution in [0.1, 0.15) is 5.69 Å². The van der Waals surface area contributed by atoms with Gasteiger partial charge in [-0.15, -0.1) is 10.2 Å². The molecule has 0 aliphatic rings. The number of aliphatic hydroxyl groups excluding tert-OH is 1. The van der Waals surface area contributed by atoms with Crippen molar-refractivity contribution >= 4 is 0 Å². The Hall–Kier alpha value is -2.08. The molecule has 1 N–H and O–H groups in total. The number of aromatic nitrogens is 2. The van der Waals surface area contributed by atoms with E-state index in [2.05, 4.69) is 10.2 Å². The zero-order valence-electron chi connectivity index (χ0n) is 8.60. The Morgan fingerprint density at radius 2 is 1.76 bits per heavy atom. The van der Waals surface area contributed by atoms with Crippen LogP contribution in [0.15, 0.2) is 30.3 Å². The molecule has 0 aliphatic heterocycles. The van der Waals surface area contributed by atoms with Crippen LogP contribution < -0.4 is 4.74 Å². The summed E-state index contributed by atoms with van der Waals surface area (Å²) in [5.41, 5.74) is 0.378. The summed E-state index contributed by atoms with van der Waals surface area (Å²) in [6.45, 7) is -0.234. The molecule has 0 aliphatic carbocycles. The van der Waals surface area contributed by atoms with Gasteiger partial charge >= 0.3 is 0 Å². The fraction of sp³-hybridized carbons (Fsp3) is 0.0909. The zero-order chi connectivity index (χ0) is 12.3. The van der Waals surface area contributed by atoms with Gasteiger partial charge in [0.2, 0.25) is 5.88 Å². The third-order valence-corrected chi connectivity index (χ3v) is 1.92. The van der Waals surface area contributed by atoms with Crippen LogP contribution in [-0.4, -0.2) is 15.3 Å². The van der Waals surface area contributed by atoms with Gasteiger partial charge in [0.1, 0.15) is 17.4 Å². The molecule has 4 nitrogen and oxygen atoms in total.